The number of carbonyl (C=O) groups excluding carboxylic acids is 4. The number of aromatic nitrogens is 3. The van der Waals surface area contributed by atoms with Crippen LogP contribution in [0.25, 0.3) is 22.4 Å². The summed E-state index contributed by atoms with van der Waals surface area (Å²) in [6.45, 7) is 5.85. The molecule has 1 fully saturated rings. The first kappa shape index (κ1) is 42.2. The van der Waals surface area contributed by atoms with Crippen molar-refractivity contribution in [2.45, 2.75) is 45.2 Å². The van der Waals surface area contributed by atoms with E-state index in [9.17, 15) is 24.0 Å². The number of anilines is 3. The number of oxazole rings is 1. The first-order chi connectivity index (χ1) is 29.5. The molecule has 3 amide bonds. The van der Waals surface area contributed by atoms with E-state index in [1.165, 1.54) is 30.7 Å². The molecule has 2 aliphatic heterocycles. The van der Waals surface area contributed by atoms with Gasteiger partial charge in [-0.05, 0) is 79.3 Å². The number of nitrogens with one attached hydrogen (secondary N) is 5. The van der Waals surface area contributed by atoms with Gasteiger partial charge in [-0.3, -0.25) is 23.9 Å². The van der Waals surface area contributed by atoms with Crippen LogP contribution in [0.3, 0.4) is 0 Å². The zero-order valence-corrected chi connectivity index (χ0v) is 34.6. The summed E-state index contributed by atoms with van der Waals surface area (Å²) in [4.78, 5) is 67.4. The van der Waals surface area contributed by atoms with Crippen LogP contribution in [0.2, 0.25) is 0 Å². The van der Waals surface area contributed by atoms with Crippen molar-refractivity contribution in [1.82, 2.24) is 40.5 Å². The number of nitrogens with two attached hydrogens (primary N) is 1. The van der Waals surface area contributed by atoms with Crippen molar-refractivity contribution in [3.8, 4) is 11.3 Å². The first-order valence-electron chi connectivity index (χ1n) is 20.2. The summed E-state index contributed by atoms with van der Waals surface area (Å²) in [5.41, 5.74) is 11.1. The monoisotopic (exact) mass is 835 g/mol. The van der Waals surface area contributed by atoms with Crippen LogP contribution in [-0.2, 0) is 29.0 Å². The number of nitrogens with zero attached hydrogens (tertiary/aromatic N) is 5. The van der Waals surface area contributed by atoms with E-state index in [0.717, 1.165) is 61.5 Å². The minimum atomic E-state index is -0.856. The van der Waals surface area contributed by atoms with E-state index in [2.05, 4.69) is 47.5 Å². The number of aryl methyl sites for hydroxylation is 2. The summed E-state index contributed by atoms with van der Waals surface area (Å²) in [7, 11) is 4.83. The molecule has 0 aliphatic carbocycles. The molecule has 17 nitrogen and oxygen atoms in total. The van der Waals surface area contributed by atoms with Gasteiger partial charge in [0.2, 0.25) is 5.91 Å². The Bertz CT molecular complexity index is 2590. The summed E-state index contributed by atoms with van der Waals surface area (Å²) in [5, 5.41) is 19.0. The second kappa shape index (κ2) is 18.1. The zero-order chi connectivity index (χ0) is 43.4. The molecule has 7 N–H and O–H groups in total. The Balaban J connectivity index is 1.02. The van der Waals surface area contributed by atoms with Crippen LogP contribution in [0.4, 0.5) is 21.6 Å². The average Bonchev–Trinajstić information content (AvgIpc) is 3.73. The van der Waals surface area contributed by atoms with Crippen molar-refractivity contribution in [2.75, 3.05) is 64.1 Å². The van der Waals surface area contributed by atoms with Gasteiger partial charge >= 0.3 is 5.76 Å². The molecular formula is C43H50FN11O6. The number of hydrogen-bond acceptors (Lipinski definition) is 12. The van der Waals surface area contributed by atoms with Gasteiger partial charge in [-0.15, -0.1) is 0 Å². The fourth-order valence-electron chi connectivity index (χ4n) is 8.13. The molecule has 0 radical (unpaired) electrons. The lowest BCUT2D eigenvalue weighted by Crippen LogP contribution is -2.47. The molecular weight excluding hydrogens is 786 g/mol. The highest BCUT2D eigenvalue weighted by Crippen LogP contribution is 2.37. The molecule has 0 saturated carbocycles. The second-order valence-corrected chi connectivity index (χ2v) is 15.0. The normalized spacial score (nSPS) is 14.6. The van der Waals surface area contributed by atoms with E-state index in [4.69, 9.17) is 10.2 Å². The number of carbonyl (C=O) groups is 4. The molecule has 1 atom stereocenters. The van der Waals surface area contributed by atoms with E-state index in [-0.39, 0.29) is 46.7 Å². The van der Waals surface area contributed by atoms with Gasteiger partial charge in [0.15, 0.2) is 5.58 Å². The highest BCUT2D eigenvalue weighted by atomic mass is 19.1. The standard InChI is InChI=1S/C43H50FN11O6/c1-25-29(41(58)50-34(47-3)24-46-2)11-12-30(36(25)44)37-35(39(45)57)40-49-31-13-10-28(23-27(31)15-17-54(40)51-37)53-20-18-52(19-21-53)16-14-26-7-5-8-32-38(26)61-43(60)55(32)33(9-6-22-56)42(59)48-4/h5,7-8,10-13,22-24,33,46-47,49H,6,9,14-21H2,1-4H3,(H2,45,57)(H,48,59)(H,50,58)/b34-24+. The Kier molecular flexibility index (Phi) is 12.5. The number of halogens is 1. The predicted octanol–water partition coefficient (Wildman–Crippen LogP) is 2.90. The first-order valence-corrected chi connectivity index (χ1v) is 20.2. The Labute approximate surface area is 351 Å². The van der Waals surface area contributed by atoms with Crippen molar-refractivity contribution in [1.29, 1.82) is 0 Å². The Morgan fingerprint density at radius 2 is 1.82 bits per heavy atom. The van der Waals surface area contributed by atoms with Crippen molar-refractivity contribution in [3.63, 3.8) is 0 Å². The molecule has 5 aromatic rings. The maximum atomic E-state index is 16.0. The summed E-state index contributed by atoms with van der Waals surface area (Å²) in [6, 6.07) is 13.8. The molecule has 3 aromatic carbocycles. The fraction of sp³-hybridized carbons (Fsp3) is 0.349. The minimum absolute atomic E-state index is 0.0524. The third-order valence-electron chi connectivity index (χ3n) is 11.4. The topological polar surface area (TPSA) is 214 Å². The fourth-order valence-corrected chi connectivity index (χ4v) is 8.13. The number of aldehydes is 1. The van der Waals surface area contributed by atoms with Gasteiger partial charge in [-0.2, -0.15) is 5.10 Å². The molecule has 61 heavy (non-hydrogen) atoms. The lowest BCUT2D eigenvalue weighted by molar-refractivity contribution is -0.124. The quantitative estimate of drug-likeness (QED) is 0.0841. The number of rotatable bonds is 15. The lowest BCUT2D eigenvalue weighted by Gasteiger charge is -2.36. The van der Waals surface area contributed by atoms with Crippen LogP contribution < -0.4 is 43.0 Å². The van der Waals surface area contributed by atoms with Gasteiger partial charge in [-0.1, -0.05) is 12.1 Å². The summed E-state index contributed by atoms with van der Waals surface area (Å²) >= 11 is 0. The van der Waals surface area contributed by atoms with Crippen molar-refractivity contribution >= 4 is 52.3 Å². The number of hydrogen-bond donors (Lipinski definition) is 6. The number of primary amides is 1. The van der Waals surface area contributed by atoms with Crippen LogP contribution >= 0.6 is 0 Å². The van der Waals surface area contributed by atoms with Crippen LogP contribution in [-0.4, -0.2) is 97.1 Å². The van der Waals surface area contributed by atoms with Gasteiger partial charge in [0.25, 0.3) is 11.8 Å². The number of amides is 3. The minimum Gasteiger partial charge on any atom is -0.407 e. The molecule has 2 aromatic heterocycles. The maximum Gasteiger partial charge on any atom is 0.420 e. The zero-order valence-electron chi connectivity index (χ0n) is 34.6. The van der Waals surface area contributed by atoms with E-state index in [0.29, 0.717) is 42.1 Å². The number of para-hydroxylation sites is 1. The summed E-state index contributed by atoms with van der Waals surface area (Å²) < 4.78 is 24.7. The van der Waals surface area contributed by atoms with Crippen LogP contribution in [0.1, 0.15) is 56.3 Å². The molecule has 7 rings (SSSR count). The predicted molar refractivity (Wildman–Crippen MR) is 229 cm³/mol. The second-order valence-electron chi connectivity index (χ2n) is 15.0. The van der Waals surface area contributed by atoms with Crippen molar-refractivity contribution in [2.24, 2.45) is 5.73 Å². The Morgan fingerprint density at radius 3 is 2.52 bits per heavy atom. The average molecular weight is 836 g/mol. The molecule has 1 unspecified atom stereocenters. The van der Waals surface area contributed by atoms with Gasteiger partial charge in [0.05, 0.1) is 5.52 Å². The Hall–Kier alpha value is -6.95. The van der Waals surface area contributed by atoms with Crippen molar-refractivity contribution in [3.05, 3.63) is 105 Å². The molecule has 0 bridgehead atoms. The van der Waals surface area contributed by atoms with Gasteiger partial charge in [0.1, 0.15) is 41.0 Å². The van der Waals surface area contributed by atoms with Gasteiger partial charge < -0.3 is 46.4 Å². The maximum absolute atomic E-state index is 16.0. The van der Waals surface area contributed by atoms with E-state index in [1.807, 2.05) is 24.3 Å². The Morgan fingerprint density at radius 1 is 1.03 bits per heavy atom. The van der Waals surface area contributed by atoms with Crippen molar-refractivity contribution < 1.29 is 28.0 Å². The van der Waals surface area contributed by atoms with Gasteiger partial charge in [-0.25, -0.2) is 13.9 Å². The highest BCUT2D eigenvalue weighted by Gasteiger charge is 2.30. The number of fused-ring (bicyclic) bond motifs is 3. The summed E-state index contributed by atoms with van der Waals surface area (Å²) in [5.74, 6) is -2.18. The van der Waals surface area contributed by atoms with E-state index in [1.54, 1.807) is 31.0 Å². The van der Waals surface area contributed by atoms with E-state index >= 15 is 4.39 Å². The van der Waals surface area contributed by atoms with Crippen LogP contribution in [0.15, 0.2) is 69.8 Å². The SMILES string of the molecule is CN/C=C(\NC)NC(=O)c1ccc(-c2nn3c(c2C(N)=O)Nc2ccc(N4CCN(CCc5cccc6c5oc(=O)n6C(CCC=O)C(=O)NC)CC4)cc2CC3)c(F)c1C. The molecule has 2 aliphatic rings. The van der Waals surface area contributed by atoms with Crippen LogP contribution in [0.5, 0.6) is 0 Å². The number of piperazine rings is 1. The third-order valence-corrected chi connectivity index (χ3v) is 11.4. The highest BCUT2D eigenvalue weighted by molar-refractivity contribution is 6.05. The van der Waals surface area contributed by atoms with E-state index < -0.39 is 29.4 Å². The molecule has 4 heterocycles. The molecule has 18 heteroatoms. The molecule has 320 valence electrons. The smallest absolute Gasteiger partial charge is 0.407 e. The molecule has 0 spiro atoms. The molecule has 1 saturated heterocycles. The number of likely N-dealkylation sites (N-methyl/N-ethyl adjacent to an activating group) is 1. The van der Waals surface area contributed by atoms with Crippen LogP contribution in [0, 0.1) is 12.7 Å². The summed E-state index contributed by atoms with van der Waals surface area (Å²) in [6.07, 6.45) is 3.84. The lowest BCUT2D eigenvalue weighted by atomic mass is 9.99. The van der Waals surface area contributed by atoms with Gasteiger partial charge in [0, 0.05) is 95.5 Å². The number of benzene rings is 3. The largest absolute Gasteiger partial charge is 0.420 e. The third kappa shape index (κ3) is 8.43.